The van der Waals surface area contributed by atoms with Crippen LogP contribution in [0.5, 0.6) is 0 Å². The number of carbonyl (C=O) groups excluding carboxylic acids is 2. The topological polar surface area (TPSA) is 43.4 Å². The second-order valence-electron chi connectivity index (χ2n) is 3.92. The number of hydrogen-bond donors (Lipinski definition) is 0. The first kappa shape index (κ1) is 12.4. The number of benzene rings is 1. The molecule has 0 aliphatic carbocycles. The van der Waals surface area contributed by atoms with E-state index in [9.17, 15) is 9.59 Å². The normalized spacial score (nSPS) is 10.2. The molecule has 1 aromatic rings. The van der Waals surface area contributed by atoms with Gasteiger partial charge in [-0.05, 0) is 11.5 Å². The fourth-order valence-corrected chi connectivity index (χ4v) is 1.55. The van der Waals surface area contributed by atoms with Crippen LogP contribution in [0.1, 0.15) is 42.1 Å². The Balaban J connectivity index is 2.95. The van der Waals surface area contributed by atoms with Crippen molar-refractivity contribution in [2.24, 2.45) is 0 Å². The molecule has 0 atom stereocenters. The van der Waals surface area contributed by atoms with Gasteiger partial charge in [0.2, 0.25) is 0 Å². The molecule has 0 amide bonds. The molecular weight excluding hydrogens is 204 g/mol. The Labute approximate surface area is 95.4 Å². The van der Waals surface area contributed by atoms with E-state index in [1.165, 1.54) is 7.11 Å². The number of methoxy groups -OCH3 is 1. The lowest BCUT2D eigenvalue weighted by Crippen LogP contribution is -2.11. The number of carbonyl (C=O) groups is 2. The Bertz CT molecular complexity index is 394. The summed E-state index contributed by atoms with van der Waals surface area (Å²) in [5.74, 6) is -0.419. The van der Waals surface area contributed by atoms with Crippen LogP contribution in [0.3, 0.4) is 0 Å². The molecule has 86 valence electrons. The maximum absolute atomic E-state index is 11.8. The van der Waals surface area contributed by atoms with E-state index in [4.69, 9.17) is 0 Å². The lowest BCUT2D eigenvalue weighted by molar-refractivity contribution is -0.139. The fraction of sp³-hybridized carbons (Fsp3) is 0.385. The number of rotatable bonds is 4. The maximum Gasteiger partial charge on any atom is 0.313 e. The Kier molecular flexibility index (Phi) is 4.23. The first-order chi connectivity index (χ1) is 7.56. The average molecular weight is 220 g/mol. The third kappa shape index (κ3) is 2.92. The molecule has 0 radical (unpaired) electrons. The van der Waals surface area contributed by atoms with Crippen LogP contribution < -0.4 is 0 Å². The third-order valence-corrected chi connectivity index (χ3v) is 2.42. The van der Waals surface area contributed by atoms with Crippen LogP contribution in [-0.4, -0.2) is 18.9 Å². The van der Waals surface area contributed by atoms with Crippen molar-refractivity contribution in [2.45, 2.75) is 26.2 Å². The van der Waals surface area contributed by atoms with Crippen LogP contribution in [0.4, 0.5) is 0 Å². The lowest BCUT2D eigenvalue weighted by Gasteiger charge is -2.10. The summed E-state index contributed by atoms with van der Waals surface area (Å²) < 4.78 is 4.48. The zero-order valence-electron chi connectivity index (χ0n) is 9.82. The van der Waals surface area contributed by atoms with E-state index in [0.29, 0.717) is 5.56 Å². The molecule has 0 saturated heterocycles. The zero-order valence-corrected chi connectivity index (χ0v) is 9.82. The van der Waals surface area contributed by atoms with Gasteiger partial charge in [0.15, 0.2) is 5.78 Å². The van der Waals surface area contributed by atoms with Crippen molar-refractivity contribution in [1.29, 1.82) is 0 Å². The molecule has 0 aliphatic heterocycles. The Morgan fingerprint density at radius 3 is 2.44 bits per heavy atom. The molecule has 1 aromatic carbocycles. The van der Waals surface area contributed by atoms with Crippen LogP contribution in [0.25, 0.3) is 0 Å². The molecule has 0 spiro atoms. The van der Waals surface area contributed by atoms with Crippen LogP contribution in [0.15, 0.2) is 24.3 Å². The van der Waals surface area contributed by atoms with Gasteiger partial charge in [0.05, 0.1) is 7.11 Å². The van der Waals surface area contributed by atoms with Crippen LogP contribution in [0, 0.1) is 0 Å². The van der Waals surface area contributed by atoms with Crippen molar-refractivity contribution in [3.8, 4) is 0 Å². The van der Waals surface area contributed by atoms with E-state index >= 15 is 0 Å². The number of Topliss-reactive ketones (excluding diaryl/α,β-unsaturated/α-hetero) is 1. The smallest absolute Gasteiger partial charge is 0.313 e. The lowest BCUT2D eigenvalue weighted by atomic mass is 9.94. The molecule has 0 N–H and O–H groups in total. The highest BCUT2D eigenvalue weighted by Gasteiger charge is 2.16. The minimum Gasteiger partial charge on any atom is -0.469 e. The standard InChI is InChI=1S/C13H16O3/c1-9(2)10-6-4-5-7-11(10)12(14)8-13(15)16-3/h4-7,9H,8H2,1-3H3. The van der Waals surface area contributed by atoms with Gasteiger partial charge in [0.25, 0.3) is 0 Å². The molecule has 0 aliphatic rings. The van der Waals surface area contributed by atoms with E-state index in [1.54, 1.807) is 12.1 Å². The monoisotopic (exact) mass is 220 g/mol. The summed E-state index contributed by atoms with van der Waals surface area (Å²) in [4.78, 5) is 22.9. The molecule has 0 aromatic heterocycles. The summed E-state index contributed by atoms with van der Waals surface area (Å²) in [5.41, 5.74) is 1.58. The first-order valence-electron chi connectivity index (χ1n) is 5.25. The summed E-state index contributed by atoms with van der Waals surface area (Å²) in [6.45, 7) is 4.04. The Morgan fingerprint density at radius 2 is 1.88 bits per heavy atom. The second-order valence-corrected chi connectivity index (χ2v) is 3.92. The van der Waals surface area contributed by atoms with Gasteiger partial charge in [0.1, 0.15) is 6.42 Å². The summed E-state index contributed by atoms with van der Waals surface area (Å²) in [5, 5.41) is 0. The van der Waals surface area contributed by atoms with Crippen LogP contribution in [0.2, 0.25) is 0 Å². The predicted molar refractivity (Wildman–Crippen MR) is 61.5 cm³/mol. The maximum atomic E-state index is 11.8. The number of ketones is 1. The largest absolute Gasteiger partial charge is 0.469 e. The molecule has 0 heterocycles. The van der Waals surface area contributed by atoms with Gasteiger partial charge >= 0.3 is 5.97 Å². The van der Waals surface area contributed by atoms with Crippen LogP contribution >= 0.6 is 0 Å². The second kappa shape index (κ2) is 5.45. The van der Waals surface area contributed by atoms with Crippen LogP contribution in [-0.2, 0) is 9.53 Å². The molecule has 0 saturated carbocycles. The molecule has 3 nitrogen and oxygen atoms in total. The predicted octanol–water partition coefficient (Wildman–Crippen LogP) is 2.56. The summed E-state index contributed by atoms with van der Waals surface area (Å²) in [7, 11) is 1.28. The number of esters is 1. The van der Waals surface area contributed by atoms with Crippen molar-refractivity contribution < 1.29 is 14.3 Å². The fourth-order valence-electron chi connectivity index (χ4n) is 1.55. The summed E-state index contributed by atoms with van der Waals surface area (Å²) in [6, 6.07) is 7.36. The van der Waals surface area contributed by atoms with E-state index in [1.807, 2.05) is 26.0 Å². The van der Waals surface area contributed by atoms with Gasteiger partial charge in [-0.1, -0.05) is 38.1 Å². The highest BCUT2D eigenvalue weighted by molar-refractivity contribution is 6.06. The number of ether oxygens (including phenoxy) is 1. The minimum atomic E-state index is -0.497. The van der Waals surface area contributed by atoms with Gasteiger partial charge in [-0.25, -0.2) is 0 Å². The summed E-state index contributed by atoms with van der Waals surface area (Å²) >= 11 is 0. The van der Waals surface area contributed by atoms with Gasteiger partial charge in [-0.15, -0.1) is 0 Å². The van der Waals surface area contributed by atoms with E-state index in [0.717, 1.165) is 5.56 Å². The van der Waals surface area contributed by atoms with Gasteiger partial charge in [0, 0.05) is 5.56 Å². The van der Waals surface area contributed by atoms with Gasteiger partial charge < -0.3 is 4.74 Å². The van der Waals surface area contributed by atoms with Crippen molar-refractivity contribution in [2.75, 3.05) is 7.11 Å². The van der Waals surface area contributed by atoms with Crippen molar-refractivity contribution in [3.63, 3.8) is 0 Å². The van der Waals surface area contributed by atoms with E-state index in [2.05, 4.69) is 4.74 Å². The highest BCUT2D eigenvalue weighted by Crippen LogP contribution is 2.20. The van der Waals surface area contributed by atoms with Gasteiger partial charge in [-0.2, -0.15) is 0 Å². The van der Waals surface area contributed by atoms with Crippen molar-refractivity contribution in [1.82, 2.24) is 0 Å². The van der Waals surface area contributed by atoms with Crippen molar-refractivity contribution >= 4 is 11.8 Å². The molecule has 16 heavy (non-hydrogen) atoms. The molecule has 1 rings (SSSR count). The van der Waals surface area contributed by atoms with E-state index in [-0.39, 0.29) is 18.1 Å². The average Bonchev–Trinajstić information content (AvgIpc) is 2.28. The van der Waals surface area contributed by atoms with Gasteiger partial charge in [-0.3, -0.25) is 9.59 Å². The summed E-state index contributed by atoms with van der Waals surface area (Å²) in [6.07, 6.45) is -0.194. The first-order valence-corrected chi connectivity index (χ1v) is 5.25. The minimum absolute atomic E-state index is 0.184. The Morgan fingerprint density at radius 1 is 1.25 bits per heavy atom. The third-order valence-electron chi connectivity index (χ3n) is 2.42. The molecule has 0 fully saturated rings. The van der Waals surface area contributed by atoms with Crippen molar-refractivity contribution in [3.05, 3.63) is 35.4 Å². The SMILES string of the molecule is COC(=O)CC(=O)c1ccccc1C(C)C. The molecule has 0 bridgehead atoms. The highest BCUT2D eigenvalue weighted by atomic mass is 16.5. The Hall–Kier alpha value is -1.64. The van der Waals surface area contributed by atoms with E-state index < -0.39 is 5.97 Å². The molecule has 0 unspecified atom stereocenters. The quantitative estimate of drug-likeness (QED) is 0.445. The zero-order chi connectivity index (χ0) is 12.1. The number of hydrogen-bond acceptors (Lipinski definition) is 3. The molecule has 3 heteroatoms. The molecular formula is C13H16O3.